The SMILES string of the molecule is O=NN1CCCCCCCCCCCCCCC1=O. The van der Waals surface area contributed by atoms with Crippen molar-refractivity contribution in [3.8, 4) is 0 Å². The molecule has 1 saturated heterocycles. The van der Waals surface area contributed by atoms with Crippen molar-refractivity contribution in [3.63, 3.8) is 0 Å². The third kappa shape index (κ3) is 7.96. The van der Waals surface area contributed by atoms with Crippen molar-refractivity contribution in [2.75, 3.05) is 6.54 Å². The Balaban J connectivity index is 2.30. The Hall–Kier alpha value is -0.930. The highest BCUT2D eigenvalue weighted by molar-refractivity contribution is 5.75. The lowest BCUT2D eigenvalue weighted by atomic mass is 10.0. The molecular formula is C15H28N2O2. The third-order valence-electron chi connectivity index (χ3n) is 3.90. The van der Waals surface area contributed by atoms with Gasteiger partial charge in [0.2, 0.25) is 5.91 Å². The third-order valence-corrected chi connectivity index (χ3v) is 3.90. The van der Waals surface area contributed by atoms with E-state index in [-0.39, 0.29) is 5.91 Å². The average molecular weight is 268 g/mol. The highest BCUT2D eigenvalue weighted by Crippen LogP contribution is 2.14. The molecule has 110 valence electrons. The van der Waals surface area contributed by atoms with Crippen molar-refractivity contribution >= 4 is 5.91 Å². The lowest BCUT2D eigenvalue weighted by Crippen LogP contribution is -2.26. The fourth-order valence-electron chi connectivity index (χ4n) is 2.65. The standard InChI is InChI=1S/C15H28N2O2/c18-15-13-11-9-7-5-3-1-2-4-6-8-10-12-14-17(15)16-19/h1-14H2. The van der Waals surface area contributed by atoms with Gasteiger partial charge in [-0.2, -0.15) is 5.01 Å². The molecule has 0 aromatic carbocycles. The van der Waals surface area contributed by atoms with Gasteiger partial charge in [0, 0.05) is 13.0 Å². The molecule has 4 nitrogen and oxygen atoms in total. The minimum Gasteiger partial charge on any atom is -0.273 e. The average Bonchev–Trinajstić information content (AvgIpc) is 2.42. The first kappa shape index (κ1) is 16.1. The summed E-state index contributed by atoms with van der Waals surface area (Å²) < 4.78 is 0. The molecule has 1 rings (SSSR count). The van der Waals surface area contributed by atoms with Crippen molar-refractivity contribution in [1.29, 1.82) is 0 Å². The Morgan fingerprint density at radius 3 is 1.58 bits per heavy atom. The molecule has 0 aliphatic carbocycles. The number of rotatable bonds is 1. The molecule has 19 heavy (non-hydrogen) atoms. The molecule has 0 atom stereocenters. The molecule has 0 saturated carbocycles. The summed E-state index contributed by atoms with van der Waals surface area (Å²) in [6.07, 6.45) is 14.8. The van der Waals surface area contributed by atoms with Gasteiger partial charge in [-0.1, -0.05) is 64.2 Å². The van der Waals surface area contributed by atoms with Crippen LogP contribution in [0.25, 0.3) is 0 Å². The van der Waals surface area contributed by atoms with Gasteiger partial charge in [0.1, 0.15) is 0 Å². The minimum absolute atomic E-state index is 0.0953. The van der Waals surface area contributed by atoms with Gasteiger partial charge >= 0.3 is 0 Å². The molecular weight excluding hydrogens is 240 g/mol. The predicted octanol–water partition coefficient (Wildman–Crippen LogP) is 4.58. The quantitative estimate of drug-likeness (QED) is 0.653. The molecule has 0 bridgehead atoms. The van der Waals surface area contributed by atoms with Crippen molar-refractivity contribution < 1.29 is 4.79 Å². The number of hydrogen-bond donors (Lipinski definition) is 0. The van der Waals surface area contributed by atoms with Gasteiger partial charge in [-0.15, -0.1) is 4.91 Å². The molecule has 1 heterocycles. The summed E-state index contributed by atoms with van der Waals surface area (Å²) in [4.78, 5) is 22.4. The van der Waals surface area contributed by atoms with Crippen LogP contribution < -0.4 is 0 Å². The molecule has 1 aliphatic heterocycles. The van der Waals surface area contributed by atoms with Gasteiger partial charge in [-0.25, -0.2) is 0 Å². The Morgan fingerprint density at radius 1 is 0.684 bits per heavy atom. The Labute approximate surface area is 116 Å². The van der Waals surface area contributed by atoms with Crippen LogP contribution in [0, 0.1) is 4.91 Å². The van der Waals surface area contributed by atoms with E-state index in [0.717, 1.165) is 30.7 Å². The van der Waals surface area contributed by atoms with E-state index >= 15 is 0 Å². The maximum atomic E-state index is 11.8. The number of nitroso groups, excluding NO2 is 1. The second-order valence-electron chi connectivity index (χ2n) is 5.59. The van der Waals surface area contributed by atoms with Crippen LogP contribution >= 0.6 is 0 Å². The van der Waals surface area contributed by atoms with Crippen LogP contribution in [0.2, 0.25) is 0 Å². The number of amides is 1. The Bertz CT molecular complexity index is 257. The van der Waals surface area contributed by atoms with Crippen molar-refractivity contribution in [2.24, 2.45) is 5.29 Å². The molecule has 0 spiro atoms. The Kier molecular flexibility index (Phi) is 9.29. The molecule has 4 heteroatoms. The zero-order valence-electron chi connectivity index (χ0n) is 12.1. The fourth-order valence-corrected chi connectivity index (χ4v) is 2.65. The first-order chi connectivity index (χ1) is 9.34. The molecule has 0 radical (unpaired) electrons. The summed E-state index contributed by atoms with van der Waals surface area (Å²) in [6, 6.07) is 0. The molecule has 0 N–H and O–H groups in total. The van der Waals surface area contributed by atoms with Crippen molar-refractivity contribution in [3.05, 3.63) is 4.91 Å². The Morgan fingerprint density at radius 2 is 1.11 bits per heavy atom. The molecule has 0 aromatic heterocycles. The normalized spacial score (nSPS) is 22.1. The summed E-state index contributed by atoms with van der Waals surface area (Å²) in [7, 11) is 0. The van der Waals surface area contributed by atoms with Gasteiger partial charge in [-0.3, -0.25) is 4.79 Å². The zero-order valence-corrected chi connectivity index (χ0v) is 12.1. The molecule has 1 amide bonds. The van der Waals surface area contributed by atoms with Gasteiger partial charge < -0.3 is 0 Å². The topological polar surface area (TPSA) is 49.7 Å². The van der Waals surface area contributed by atoms with Crippen LogP contribution in [0.4, 0.5) is 0 Å². The highest BCUT2D eigenvalue weighted by Gasteiger charge is 2.13. The number of nitrogens with zero attached hydrogens (tertiary/aromatic N) is 2. The van der Waals surface area contributed by atoms with Crippen LogP contribution in [-0.2, 0) is 4.79 Å². The van der Waals surface area contributed by atoms with Crippen LogP contribution in [0.15, 0.2) is 5.29 Å². The van der Waals surface area contributed by atoms with Gasteiger partial charge in [0.05, 0.1) is 5.29 Å². The number of hydrogen-bond acceptors (Lipinski definition) is 3. The van der Waals surface area contributed by atoms with E-state index in [1.807, 2.05) is 0 Å². The van der Waals surface area contributed by atoms with Gasteiger partial charge in [-0.05, 0) is 12.8 Å². The monoisotopic (exact) mass is 268 g/mol. The molecule has 0 aromatic rings. The molecule has 0 unspecified atom stereocenters. The summed E-state index contributed by atoms with van der Waals surface area (Å²) in [5.74, 6) is -0.0953. The molecule has 1 fully saturated rings. The summed E-state index contributed by atoms with van der Waals surface area (Å²) in [5, 5.41) is 4.00. The van der Waals surface area contributed by atoms with Gasteiger partial charge in [0.15, 0.2) is 0 Å². The first-order valence-electron chi connectivity index (χ1n) is 7.98. The second kappa shape index (κ2) is 10.9. The maximum Gasteiger partial charge on any atom is 0.245 e. The smallest absolute Gasteiger partial charge is 0.245 e. The minimum atomic E-state index is -0.0953. The number of carbonyl (C=O) groups is 1. The summed E-state index contributed by atoms with van der Waals surface area (Å²) in [5.41, 5.74) is 0. The van der Waals surface area contributed by atoms with Crippen LogP contribution in [-0.4, -0.2) is 17.5 Å². The lowest BCUT2D eigenvalue weighted by Gasteiger charge is -2.13. The van der Waals surface area contributed by atoms with Gasteiger partial charge in [0.25, 0.3) is 0 Å². The van der Waals surface area contributed by atoms with E-state index in [1.54, 1.807) is 0 Å². The van der Waals surface area contributed by atoms with Crippen molar-refractivity contribution in [1.82, 2.24) is 5.01 Å². The zero-order chi connectivity index (χ0) is 13.8. The summed E-state index contributed by atoms with van der Waals surface area (Å²) >= 11 is 0. The van der Waals surface area contributed by atoms with E-state index in [4.69, 9.17) is 0 Å². The molecule has 1 aliphatic rings. The highest BCUT2D eigenvalue weighted by atomic mass is 16.3. The predicted molar refractivity (Wildman–Crippen MR) is 77.5 cm³/mol. The van der Waals surface area contributed by atoms with Crippen LogP contribution in [0.3, 0.4) is 0 Å². The second-order valence-corrected chi connectivity index (χ2v) is 5.59. The van der Waals surface area contributed by atoms with Crippen LogP contribution in [0.5, 0.6) is 0 Å². The van der Waals surface area contributed by atoms with E-state index in [1.165, 1.54) is 51.4 Å². The number of carbonyl (C=O) groups excluding carboxylic acids is 1. The first-order valence-corrected chi connectivity index (χ1v) is 7.98. The largest absolute Gasteiger partial charge is 0.273 e. The van der Waals surface area contributed by atoms with E-state index in [0.29, 0.717) is 13.0 Å². The van der Waals surface area contributed by atoms with E-state index in [9.17, 15) is 9.70 Å². The van der Waals surface area contributed by atoms with E-state index in [2.05, 4.69) is 5.29 Å². The van der Waals surface area contributed by atoms with Crippen LogP contribution in [0.1, 0.15) is 83.5 Å². The van der Waals surface area contributed by atoms with Crippen molar-refractivity contribution in [2.45, 2.75) is 83.5 Å². The summed E-state index contributed by atoms with van der Waals surface area (Å²) in [6.45, 7) is 0.502. The van der Waals surface area contributed by atoms with E-state index < -0.39 is 0 Å². The fraction of sp³-hybridized carbons (Fsp3) is 0.933. The lowest BCUT2D eigenvalue weighted by molar-refractivity contribution is -0.131. The maximum absolute atomic E-state index is 11.8.